The lowest BCUT2D eigenvalue weighted by atomic mass is 10.0. The summed E-state index contributed by atoms with van der Waals surface area (Å²) in [5.74, 6) is 0.393. The topological polar surface area (TPSA) is 66.2 Å². The van der Waals surface area contributed by atoms with Crippen molar-refractivity contribution >= 4 is 27.9 Å². The van der Waals surface area contributed by atoms with Crippen molar-refractivity contribution in [2.75, 3.05) is 43.9 Å². The number of hydrogen-bond donors (Lipinski definition) is 3. The number of allylic oxidation sites excluding steroid dienone is 1. The summed E-state index contributed by atoms with van der Waals surface area (Å²) in [6.07, 6.45) is -1.87. The molecule has 0 amide bonds. The first-order valence-corrected chi connectivity index (χ1v) is 10.9. The molecular formula is C23H34F3N5. The molecule has 0 saturated carbocycles. The van der Waals surface area contributed by atoms with Crippen LogP contribution in [0.1, 0.15) is 38.8 Å². The zero-order chi connectivity index (χ0) is 23.0. The van der Waals surface area contributed by atoms with Gasteiger partial charge in [-0.1, -0.05) is 32.6 Å². The number of nitrogens with one attached hydrogen (secondary N) is 2. The Labute approximate surface area is 182 Å². The molecule has 0 aliphatic carbocycles. The number of aromatic nitrogens is 1. The monoisotopic (exact) mass is 437 g/mol. The normalized spacial score (nSPS) is 15.3. The molecule has 4 N–H and O–H groups in total. The molecule has 3 rings (SSSR count). The molecule has 1 aromatic heterocycles. The molecule has 1 aliphatic rings. The van der Waals surface area contributed by atoms with Gasteiger partial charge in [-0.25, -0.2) is 4.98 Å². The summed E-state index contributed by atoms with van der Waals surface area (Å²) in [4.78, 5) is 6.50. The van der Waals surface area contributed by atoms with Crippen LogP contribution in [0.25, 0.3) is 16.3 Å². The van der Waals surface area contributed by atoms with E-state index >= 15 is 0 Å². The minimum atomic E-state index is -4.55. The van der Waals surface area contributed by atoms with E-state index in [1.165, 1.54) is 0 Å². The van der Waals surface area contributed by atoms with Gasteiger partial charge in [-0.15, -0.1) is 0 Å². The first-order chi connectivity index (χ1) is 14.8. The number of benzene rings is 1. The standard InChI is InChI=1S/C21H28F3N5.C2H6/c1-14(21(22,23)24)20-16-5-3-6-18(27-15-7-11-29(2)12-8-15)17(16)13-19(28-20)26-10-4-9-25;1-2/h3,5-6,13,15,27H,1,4,7-12,25H2,2H3,(H,26,28);1-2H3. The molecule has 1 fully saturated rings. The fourth-order valence-corrected chi connectivity index (χ4v) is 3.55. The minimum Gasteiger partial charge on any atom is -0.382 e. The van der Waals surface area contributed by atoms with Crippen LogP contribution in [-0.4, -0.2) is 55.3 Å². The largest absolute Gasteiger partial charge is 0.417 e. The fraction of sp³-hybridized carbons (Fsp3) is 0.522. The highest BCUT2D eigenvalue weighted by molar-refractivity contribution is 6.01. The van der Waals surface area contributed by atoms with Crippen LogP contribution >= 0.6 is 0 Å². The lowest BCUT2D eigenvalue weighted by Gasteiger charge is -2.30. The predicted octanol–water partition coefficient (Wildman–Crippen LogP) is 5.10. The van der Waals surface area contributed by atoms with Crippen LogP contribution in [0, 0.1) is 0 Å². The van der Waals surface area contributed by atoms with Crippen LogP contribution in [0.2, 0.25) is 0 Å². The van der Waals surface area contributed by atoms with E-state index < -0.39 is 11.7 Å². The average molecular weight is 438 g/mol. The molecule has 0 radical (unpaired) electrons. The van der Waals surface area contributed by atoms with Crippen molar-refractivity contribution in [2.24, 2.45) is 5.73 Å². The van der Waals surface area contributed by atoms with Crippen LogP contribution in [0.15, 0.2) is 30.8 Å². The summed E-state index contributed by atoms with van der Waals surface area (Å²) in [6, 6.07) is 7.42. The Balaban J connectivity index is 0.00000166. The van der Waals surface area contributed by atoms with E-state index in [-0.39, 0.29) is 11.7 Å². The molecule has 1 aromatic carbocycles. The molecule has 2 heterocycles. The van der Waals surface area contributed by atoms with Crippen molar-refractivity contribution in [3.63, 3.8) is 0 Å². The summed E-state index contributed by atoms with van der Waals surface area (Å²) >= 11 is 0. The van der Waals surface area contributed by atoms with E-state index in [2.05, 4.69) is 34.1 Å². The van der Waals surface area contributed by atoms with Crippen LogP contribution in [0.5, 0.6) is 0 Å². The third kappa shape index (κ3) is 6.58. The molecular weight excluding hydrogens is 403 g/mol. The minimum absolute atomic E-state index is 0.141. The highest BCUT2D eigenvalue weighted by atomic mass is 19.4. The van der Waals surface area contributed by atoms with Crippen molar-refractivity contribution in [2.45, 2.75) is 45.3 Å². The summed E-state index contributed by atoms with van der Waals surface area (Å²) in [6.45, 7) is 10.3. The number of anilines is 2. The highest BCUT2D eigenvalue weighted by Gasteiger charge is 2.35. The molecule has 8 heteroatoms. The Morgan fingerprint density at radius 1 is 1.23 bits per heavy atom. The third-order valence-electron chi connectivity index (χ3n) is 5.27. The molecule has 31 heavy (non-hydrogen) atoms. The Morgan fingerprint density at radius 2 is 1.90 bits per heavy atom. The first kappa shape index (κ1) is 24.9. The van der Waals surface area contributed by atoms with Crippen molar-refractivity contribution in [1.82, 2.24) is 9.88 Å². The number of pyridine rings is 1. The van der Waals surface area contributed by atoms with Crippen LogP contribution in [0.4, 0.5) is 24.7 Å². The first-order valence-electron chi connectivity index (χ1n) is 10.9. The Hall–Kier alpha value is -2.32. The number of nitrogens with two attached hydrogens (primary N) is 1. The summed E-state index contributed by atoms with van der Waals surface area (Å²) in [5.41, 5.74) is 5.25. The van der Waals surface area contributed by atoms with Crippen LogP contribution in [-0.2, 0) is 0 Å². The Morgan fingerprint density at radius 3 is 2.52 bits per heavy atom. The number of hydrogen-bond acceptors (Lipinski definition) is 5. The number of rotatable bonds is 7. The van der Waals surface area contributed by atoms with Gasteiger partial charge in [0.2, 0.25) is 0 Å². The van der Waals surface area contributed by atoms with Crippen molar-refractivity contribution in [1.29, 1.82) is 0 Å². The van der Waals surface area contributed by atoms with Crippen molar-refractivity contribution < 1.29 is 13.2 Å². The van der Waals surface area contributed by atoms with Gasteiger partial charge in [-0.2, -0.15) is 13.2 Å². The molecule has 5 nitrogen and oxygen atoms in total. The number of likely N-dealkylation sites (tertiary alicyclic amines) is 1. The summed E-state index contributed by atoms with van der Waals surface area (Å²) in [7, 11) is 2.09. The van der Waals surface area contributed by atoms with E-state index in [0.717, 1.165) is 31.6 Å². The second-order valence-corrected chi connectivity index (χ2v) is 7.52. The van der Waals surface area contributed by atoms with Crippen molar-refractivity contribution in [3.05, 3.63) is 36.5 Å². The molecule has 0 spiro atoms. The lowest BCUT2D eigenvalue weighted by Crippen LogP contribution is -2.36. The molecule has 0 unspecified atom stereocenters. The fourth-order valence-electron chi connectivity index (χ4n) is 3.55. The van der Waals surface area contributed by atoms with Crippen molar-refractivity contribution in [3.8, 4) is 0 Å². The molecule has 1 saturated heterocycles. The van der Waals surface area contributed by atoms with Gasteiger partial charge in [0.05, 0.1) is 11.3 Å². The molecule has 0 bridgehead atoms. The van der Waals surface area contributed by atoms with E-state index in [9.17, 15) is 13.2 Å². The maximum absolute atomic E-state index is 13.4. The van der Waals surface area contributed by atoms with Gasteiger partial charge in [0, 0.05) is 29.0 Å². The van der Waals surface area contributed by atoms with Gasteiger partial charge >= 0.3 is 6.18 Å². The zero-order valence-electron chi connectivity index (χ0n) is 18.6. The van der Waals surface area contributed by atoms with E-state index in [4.69, 9.17) is 5.73 Å². The van der Waals surface area contributed by atoms with Gasteiger partial charge in [0.15, 0.2) is 0 Å². The predicted molar refractivity (Wildman–Crippen MR) is 124 cm³/mol. The molecule has 172 valence electrons. The number of fused-ring (bicyclic) bond motifs is 1. The number of halogens is 3. The zero-order valence-corrected chi connectivity index (χ0v) is 18.6. The summed E-state index contributed by atoms with van der Waals surface area (Å²) in [5, 5.41) is 7.76. The van der Waals surface area contributed by atoms with E-state index in [0.29, 0.717) is 36.1 Å². The SMILES string of the molecule is C=C(c1nc(NCCCN)cc2c(NC3CCN(C)CC3)cccc12)C(F)(F)F.CC. The average Bonchev–Trinajstić information content (AvgIpc) is 2.75. The second-order valence-electron chi connectivity index (χ2n) is 7.52. The number of piperidine rings is 1. The highest BCUT2D eigenvalue weighted by Crippen LogP contribution is 2.38. The number of alkyl halides is 3. The maximum atomic E-state index is 13.4. The second kappa shape index (κ2) is 11.3. The van der Waals surface area contributed by atoms with Gasteiger partial charge in [-0.05, 0) is 58.1 Å². The Kier molecular flexibility index (Phi) is 9.13. The van der Waals surface area contributed by atoms with Gasteiger partial charge < -0.3 is 21.3 Å². The quantitative estimate of drug-likeness (QED) is 0.526. The molecule has 0 atom stereocenters. The lowest BCUT2D eigenvalue weighted by molar-refractivity contribution is -0.0688. The van der Waals surface area contributed by atoms with Gasteiger partial charge in [0.1, 0.15) is 5.82 Å². The van der Waals surface area contributed by atoms with Crippen LogP contribution in [0.3, 0.4) is 0 Å². The summed E-state index contributed by atoms with van der Waals surface area (Å²) < 4.78 is 40.2. The molecule has 2 aromatic rings. The van der Waals surface area contributed by atoms with Crippen LogP contribution < -0.4 is 16.4 Å². The smallest absolute Gasteiger partial charge is 0.382 e. The Bertz CT molecular complexity index is 858. The van der Waals surface area contributed by atoms with E-state index in [1.54, 1.807) is 18.2 Å². The molecule has 1 aliphatic heterocycles. The maximum Gasteiger partial charge on any atom is 0.417 e. The van der Waals surface area contributed by atoms with E-state index in [1.807, 2.05) is 19.9 Å². The van der Waals surface area contributed by atoms with Gasteiger partial charge in [0.25, 0.3) is 0 Å². The number of nitrogens with zero attached hydrogens (tertiary/aromatic N) is 2. The van der Waals surface area contributed by atoms with Gasteiger partial charge in [-0.3, -0.25) is 0 Å². The third-order valence-corrected chi connectivity index (χ3v) is 5.27.